The monoisotopic (exact) mass is 353 g/mol. The van der Waals surface area contributed by atoms with Crippen LogP contribution >= 0.6 is 7.37 Å². The Morgan fingerprint density at radius 1 is 1.25 bits per heavy atom. The van der Waals surface area contributed by atoms with Crippen molar-refractivity contribution < 1.29 is 23.8 Å². The number of esters is 2. The van der Waals surface area contributed by atoms with Crippen LogP contribution in [0.3, 0.4) is 0 Å². The van der Waals surface area contributed by atoms with Gasteiger partial charge in [0.05, 0.1) is 0 Å². The van der Waals surface area contributed by atoms with E-state index in [0.717, 1.165) is 19.3 Å². The van der Waals surface area contributed by atoms with Gasteiger partial charge in [-0.15, -0.1) is 0 Å². The van der Waals surface area contributed by atoms with Crippen LogP contribution in [0, 0.1) is 0 Å². The summed E-state index contributed by atoms with van der Waals surface area (Å²) in [6.07, 6.45) is 3.09. The predicted octanol–water partition coefficient (Wildman–Crippen LogP) is 2.10. The van der Waals surface area contributed by atoms with E-state index in [9.17, 15) is 19.0 Å². The molecule has 0 radical (unpaired) electrons. The molecule has 1 aromatic carbocycles. The second-order valence-corrected chi connectivity index (χ2v) is 8.57. The molecular weight excluding hydrogens is 329 g/mol. The van der Waals surface area contributed by atoms with Crippen molar-refractivity contribution >= 4 is 19.3 Å². The van der Waals surface area contributed by atoms with Crippen molar-refractivity contribution in [3.05, 3.63) is 35.9 Å². The topological polar surface area (TPSA) is 92.7 Å². The molecule has 0 aliphatic carbocycles. The Bertz CT molecular complexity index is 598. The zero-order valence-electron chi connectivity index (χ0n) is 13.6. The lowest BCUT2D eigenvalue weighted by atomic mass is 10.1. The van der Waals surface area contributed by atoms with Gasteiger partial charge in [0, 0.05) is 6.16 Å². The van der Waals surface area contributed by atoms with E-state index in [1.807, 2.05) is 30.3 Å². The first-order valence-electron chi connectivity index (χ1n) is 8.29. The van der Waals surface area contributed by atoms with Gasteiger partial charge < -0.3 is 14.9 Å². The first-order chi connectivity index (χ1) is 11.5. The Morgan fingerprint density at radius 3 is 2.67 bits per heavy atom. The second kappa shape index (κ2) is 9.11. The van der Waals surface area contributed by atoms with Crippen molar-refractivity contribution in [1.82, 2.24) is 5.32 Å². The SMILES string of the molecule is O=C(CP(=O)(O)CCCCc1ccccc1)OC(=O)[C@@H]1CCCN1. The maximum absolute atomic E-state index is 12.1. The van der Waals surface area contributed by atoms with E-state index in [1.54, 1.807) is 0 Å². The fraction of sp³-hybridized carbons (Fsp3) is 0.529. The predicted molar refractivity (Wildman–Crippen MR) is 91.1 cm³/mol. The fourth-order valence-electron chi connectivity index (χ4n) is 2.71. The van der Waals surface area contributed by atoms with E-state index >= 15 is 0 Å². The molecule has 1 aromatic rings. The zero-order chi connectivity index (χ0) is 17.4. The number of benzene rings is 1. The smallest absolute Gasteiger partial charge is 0.330 e. The first kappa shape index (κ1) is 18.8. The van der Waals surface area contributed by atoms with Gasteiger partial charge in [0.15, 0.2) is 0 Å². The average Bonchev–Trinajstić information content (AvgIpc) is 3.06. The Labute approximate surface area is 142 Å². The fourth-order valence-corrected chi connectivity index (χ4v) is 4.06. The molecule has 1 aliphatic rings. The largest absolute Gasteiger partial charge is 0.392 e. The Hall–Kier alpha value is -1.49. The summed E-state index contributed by atoms with van der Waals surface area (Å²) in [6.45, 7) is 0.716. The third kappa shape index (κ3) is 6.56. The van der Waals surface area contributed by atoms with Crippen LogP contribution in [0.1, 0.15) is 31.2 Å². The third-order valence-electron chi connectivity index (χ3n) is 4.00. The van der Waals surface area contributed by atoms with Gasteiger partial charge in [-0.3, -0.25) is 9.36 Å². The summed E-state index contributed by atoms with van der Waals surface area (Å²) < 4.78 is 16.7. The molecule has 7 heteroatoms. The molecule has 1 aliphatic heterocycles. The molecule has 0 saturated carbocycles. The van der Waals surface area contributed by atoms with Crippen LogP contribution in [0.4, 0.5) is 0 Å². The summed E-state index contributed by atoms with van der Waals surface area (Å²) in [4.78, 5) is 33.2. The molecule has 0 amide bonds. The molecule has 2 atom stereocenters. The maximum Gasteiger partial charge on any atom is 0.330 e. The molecular formula is C17H24NO5P. The van der Waals surface area contributed by atoms with E-state index in [4.69, 9.17) is 0 Å². The minimum absolute atomic E-state index is 0.0603. The van der Waals surface area contributed by atoms with Gasteiger partial charge in [-0.1, -0.05) is 30.3 Å². The van der Waals surface area contributed by atoms with Crippen molar-refractivity contribution in [2.24, 2.45) is 0 Å². The maximum atomic E-state index is 12.1. The van der Waals surface area contributed by atoms with Crippen LogP contribution in [0.2, 0.25) is 0 Å². The highest BCUT2D eigenvalue weighted by Gasteiger charge is 2.29. The van der Waals surface area contributed by atoms with Gasteiger partial charge in [0.25, 0.3) is 0 Å². The van der Waals surface area contributed by atoms with E-state index in [-0.39, 0.29) is 6.16 Å². The average molecular weight is 353 g/mol. The van der Waals surface area contributed by atoms with Gasteiger partial charge in [-0.2, -0.15) is 0 Å². The Balaban J connectivity index is 1.67. The van der Waals surface area contributed by atoms with Crippen molar-refractivity contribution in [3.63, 3.8) is 0 Å². The zero-order valence-corrected chi connectivity index (χ0v) is 14.5. The Kier molecular flexibility index (Phi) is 7.16. The highest BCUT2D eigenvalue weighted by molar-refractivity contribution is 7.58. The number of carbonyl (C=O) groups is 2. The lowest BCUT2D eigenvalue weighted by Gasteiger charge is -2.12. The summed E-state index contributed by atoms with van der Waals surface area (Å²) in [7, 11) is -3.60. The molecule has 6 nitrogen and oxygen atoms in total. The van der Waals surface area contributed by atoms with Gasteiger partial charge in [0.1, 0.15) is 12.2 Å². The van der Waals surface area contributed by atoms with Gasteiger partial charge in [-0.05, 0) is 44.2 Å². The molecule has 132 valence electrons. The number of rotatable bonds is 8. The number of ether oxygens (including phenoxy) is 1. The molecule has 1 heterocycles. The number of hydrogen-bond donors (Lipinski definition) is 2. The van der Waals surface area contributed by atoms with Crippen LogP contribution in [-0.4, -0.2) is 41.7 Å². The van der Waals surface area contributed by atoms with Crippen LogP contribution in [0.15, 0.2) is 30.3 Å². The van der Waals surface area contributed by atoms with Crippen molar-refractivity contribution in [3.8, 4) is 0 Å². The number of unbranched alkanes of at least 4 members (excludes halogenated alkanes) is 1. The molecule has 1 saturated heterocycles. The molecule has 0 aromatic heterocycles. The van der Waals surface area contributed by atoms with Crippen LogP contribution < -0.4 is 5.32 Å². The molecule has 2 rings (SSSR count). The summed E-state index contributed by atoms with van der Waals surface area (Å²) in [5.41, 5.74) is 1.18. The van der Waals surface area contributed by atoms with Crippen LogP contribution in [-0.2, 0) is 25.3 Å². The number of aryl methyl sites for hydroxylation is 1. The molecule has 24 heavy (non-hydrogen) atoms. The van der Waals surface area contributed by atoms with E-state index in [1.165, 1.54) is 5.56 Å². The van der Waals surface area contributed by atoms with Gasteiger partial charge >= 0.3 is 11.9 Å². The van der Waals surface area contributed by atoms with Gasteiger partial charge in [-0.25, -0.2) is 4.79 Å². The Morgan fingerprint density at radius 2 is 2.00 bits per heavy atom. The summed E-state index contributed by atoms with van der Waals surface area (Å²) >= 11 is 0. The summed E-state index contributed by atoms with van der Waals surface area (Å²) in [5.74, 6) is -1.57. The summed E-state index contributed by atoms with van der Waals surface area (Å²) in [6, 6.07) is 9.41. The first-order valence-corrected chi connectivity index (χ1v) is 10.3. The highest BCUT2D eigenvalue weighted by atomic mass is 31.2. The lowest BCUT2D eigenvalue weighted by Crippen LogP contribution is -2.34. The van der Waals surface area contributed by atoms with Gasteiger partial charge in [0.2, 0.25) is 7.37 Å². The van der Waals surface area contributed by atoms with Crippen molar-refractivity contribution in [1.29, 1.82) is 0 Å². The second-order valence-electron chi connectivity index (χ2n) is 6.11. The summed E-state index contributed by atoms with van der Waals surface area (Å²) in [5, 5.41) is 2.92. The minimum atomic E-state index is -3.60. The standard InChI is InChI=1S/C17H24NO5P/c19-16(23-17(20)15-10-6-11-18-15)13-24(21,22)12-5-4-9-14-7-2-1-3-8-14/h1-3,7-8,15,18H,4-6,9-13H2,(H,21,22)/t15-/m0/s1. The molecule has 1 fully saturated rings. The van der Waals surface area contributed by atoms with E-state index in [2.05, 4.69) is 10.1 Å². The van der Waals surface area contributed by atoms with Crippen LogP contribution in [0.25, 0.3) is 0 Å². The lowest BCUT2D eigenvalue weighted by molar-refractivity contribution is -0.159. The van der Waals surface area contributed by atoms with Crippen molar-refractivity contribution in [2.45, 2.75) is 38.1 Å². The minimum Gasteiger partial charge on any atom is -0.392 e. The van der Waals surface area contributed by atoms with E-state index < -0.39 is 31.5 Å². The van der Waals surface area contributed by atoms with E-state index in [0.29, 0.717) is 19.4 Å². The molecule has 0 bridgehead atoms. The molecule has 2 N–H and O–H groups in total. The number of nitrogens with one attached hydrogen (secondary N) is 1. The highest BCUT2D eigenvalue weighted by Crippen LogP contribution is 2.41. The number of carbonyl (C=O) groups excluding carboxylic acids is 2. The molecule has 1 unspecified atom stereocenters. The third-order valence-corrected chi connectivity index (χ3v) is 5.77. The quantitative estimate of drug-likeness (QED) is 0.322. The number of hydrogen-bond acceptors (Lipinski definition) is 5. The van der Waals surface area contributed by atoms with Crippen LogP contribution in [0.5, 0.6) is 0 Å². The molecule has 0 spiro atoms. The normalized spacial score (nSPS) is 19.6. The van der Waals surface area contributed by atoms with Crippen molar-refractivity contribution in [2.75, 3.05) is 18.9 Å².